The maximum absolute atomic E-state index is 12.5. The molecule has 2 rings (SSSR count). The summed E-state index contributed by atoms with van der Waals surface area (Å²) < 4.78 is 32.5. The fourth-order valence-electron chi connectivity index (χ4n) is 2.43. The van der Waals surface area contributed by atoms with Crippen LogP contribution in [0.5, 0.6) is 0 Å². The quantitative estimate of drug-likeness (QED) is 0.506. The van der Waals surface area contributed by atoms with E-state index in [4.69, 9.17) is 21.4 Å². The van der Waals surface area contributed by atoms with E-state index in [0.717, 1.165) is 5.56 Å². The van der Waals surface area contributed by atoms with E-state index in [1.54, 1.807) is 43.3 Å². The molecule has 0 saturated heterocycles. The summed E-state index contributed by atoms with van der Waals surface area (Å²) in [6.07, 6.45) is 0. The van der Waals surface area contributed by atoms with Gasteiger partial charge in [-0.3, -0.25) is 9.52 Å². The van der Waals surface area contributed by atoms with Crippen LogP contribution in [0.3, 0.4) is 0 Å². The number of nitrogens with one attached hydrogen (secondary N) is 2. The number of halogens is 1. The van der Waals surface area contributed by atoms with Crippen molar-refractivity contribution in [1.82, 2.24) is 5.32 Å². The van der Waals surface area contributed by atoms with E-state index in [1.807, 2.05) is 0 Å². The summed E-state index contributed by atoms with van der Waals surface area (Å²) in [5, 5.41) is 11.5. The van der Waals surface area contributed by atoms with Gasteiger partial charge in [-0.1, -0.05) is 35.9 Å². The number of benzene rings is 2. The molecule has 1 atom stereocenters. The number of sulfonamides is 1. The summed E-state index contributed by atoms with van der Waals surface area (Å²) in [5.41, 5.74) is 1.11. The number of amides is 1. The van der Waals surface area contributed by atoms with Crippen LogP contribution in [0.4, 0.5) is 5.69 Å². The lowest BCUT2D eigenvalue weighted by Crippen LogP contribution is -2.31. The number of anilines is 1. The van der Waals surface area contributed by atoms with E-state index in [1.165, 1.54) is 12.1 Å². The first kappa shape index (κ1) is 22.2. The van der Waals surface area contributed by atoms with Crippen LogP contribution in [0.1, 0.15) is 18.4 Å². The second-order valence-corrected chi connectivity index (χ2v) is 8.06. The smallest absolute Gasteiger partial charge is 0.263 e. The van der Waals surface area contributed by atoms with Crippen LogP contribution in [-0.4, -0.2) is 45.8 Å². The molecule has 0 aromatic heterocycles. The van der Waals surface area contributed by atoms with Gasteiger partial charge < -0.3 is 15.2 Å². The molecule has 7 nitrogen and oxygen atoms in total. The number of hydrogen-bond acceptors (Lipinski definition) is 5. The average molecular weight is 427 g/mol. The molecule has 0 bridgehead atoms. The van der Waals surface area contributed by atoms with Crippen LogP contribution in [0.15, 0.2) is 53.4 Å². The van der Waals surface area contributed by atoms with Crippen LogP contribution in [-0.2, 0) is 19.6 Å². The minimum atomic E-state index is -3.81. The molecule has 152 valence electrons. The third-order valence-electron chi connectivity index (χ3n) is 3.96. The lowest BCUT2D eigenvalue weighted by atomic mass is 10.0. The van der Waals surface area contributed by atoms with Gasteiger partial charge in [-0.15, -0.1) is 0 Å². The van der Waals surface area contributed by atoms with Gasteiger partial charge in [-0.05, 0) is 36.8 Å². The SMILES string of the molecule is C[C@@H](C(=O)NCCOCCO)c1ccc(NS(=O)(=O)c2ccccc2Cl)cc1. The number of aliphatic hydroxyl groups excluding tert-OH is 1. The van der Waals surface area contributed by atoms with Gasteiger partial charge in [0.05, 0.1) is 30.8 Å². The Morgan fingerprint density at radius 1 is 1.14 bits per heavy atom. The number of carbonyl (C=O) groups excluding carboxylic acids is 1. The van der Waals surface area contributed by atoms with E-state index in [2.05, 4.69) is 10.0 Å². The van der Waals surface area contributed by atoms with Crippen molar-refractivity contribution in [3.05, 3.63) is 59.1 Å². The van der Waals surface area contributed by atoms with Crippen LogP contribution < -0.4 is 10.0 Å². The monoisotopic (exact) mass is 426 g/mol. The Hall–Kier alpha value is -2.13. The van der Waals surface area contributed by atoms with Gasteiger partial charge in [0.25, 0.3) is 10.0 Å². The molecule has 1 amide bonds. The van der Waals surface area contributed by atoms with Crippen LogP contribution >= 0.6 is 11.6 Å². The zero-order chi connectivity index (χ0) is 20.6. The molecule has 2 aromatic rings. The Balaban J connectivity index is 1.97. The Kier molecular flexibility index (Phi) is 8.25. The van der Waals surface area contributed by atoms with Crippen LogP contribution in [0.2, 0.25) is 5.02 Å². The zero-order valence-corrected chi connectivity index (χ0v) is 17.0. The fourth-order valence-corrected chi connectivity index (χ4v) is 4.01. The predicted octanol–water partition coefficient (Wildman–Crippen LogP) is 2.37. The van der Waals surface area contributed by atoms with Crippen molar-refractivity contribution >= 4 is 33.2 Å². The van der Waals surface area contributed by atoms with Gasteiger partial charge in [0.1, 0.15) is 4.90 Å². The summed E-state index contributed by atoms with van der Waals surface area (Å²) in [5.74, 6) is -0.580. The lowest BCUT2D eigenvalue weighted by molar-refractivity contribution is -0.122. The molecule has 9 heteroatoms. The van der Waals surface area contributed by atoms with E-state index < -0.39 is 15.9 Å². The van der Waals surface area contributed by atoms with E-state index in [-0.39, 0.29) is 29.0 Å². The first-order valence-electron chi connectivity index (χ1n) is 8.69. The average Bonchev–Trinajstić information content (AvgIpc) is 2.67. The first-order valence-corrected chi connectivity index (χ1v) is 10.5. The van der Waals surface area contributed by atoms with Gasteiger partial charge in [0, 0.05) is 12.2 Å². The molecule has 0 aliphatic heterocycles. The van der Waals surface area contributed by atoms with Crippen molar-refractivity contribution in [3.63, 3.8) is 0 Å². The minimum absolute atomic E-state index is 0.00286. The van der Waals surface area contributed by atoms with Gasteiger partial charge in [-0.25, -0.2) is 8.42 Å². The topological polar surface area (TPSA) is 105 Å². The molecule has 3 N–H and O–H groups in total. The Morgan fingerprint density at radius 2 is 1.82 bits per heavy atom. The largest absolute Gasteiger partial charge is 0.394 e. The number of carbonyl (C=O) groups is 1. The molecule has 0 heterocycles. The second-order valence-electron chi connectivity index (χ2n) is 6.01. The van der Waals surface area contributed by atoms with Gasteiger partial charge in [0.2, 0.25) is 5.91 Å². The van der Waals surface area contributed by atoms with Crippen molar-refractivity contribution in [2.24, 2.45) is 0 Å². The molecule has 0 spiro atoms. The van der Waals surface area contributed by atoms with Crippen LogP contribution in [0.25, 0.3) is 0 Å². The maximum Gasteiger partial charge on any atom is 0.263 e. The van der Waals surface area contributed by atoms with Crippen molar-refractivity contribution < 1.29 is 23.1 Å². The Labute approximate surface area is 169 Å². The van der Waals surface area contributed by atoms with Crippen molar-refractivity contribution in [2.75, 3.05) is 31.1 Å². The molecule has 0 fully saturated rings. The number of rotatable bonds is 10. The van der Waals surface area contributed by atoms with Gasteiger partial charge in [0.15, 0.2) is 0 Å². The molecule has 0 unspecified atom stereocenters. The third-order valence-corrected chi connectivity index (χ3v) is 5.84. The van der Waals surface area contributed by atoms with Gasteiger partial charge in [-0.2, -0.15) is 0 Å². The lowest BCUT2D eigenvalue weighted by Gasteiger charge is -2.14. The summed E-state index contributed by atoms with van der Waals surface area (Å²) in [7, 11) is -3.81. The molecule has 28 heavy (non-hydrogen) atoms. The highest BCUT2D eigenvalue weighted by Gasteiger charge is 2.18. The van der Waals surface area contributed by atoms with E-state index in [0.29, 0.717) is 18.8 Å². The Morgan fingerprint density at radius 3 is 2.46 bits per heavy atom. The van der Waals surface area contributed by atoms with Crippen molar-refractivity contribution in [1.29, 1.82) is 0 Å². The summed E-state index contributed by atoms with van der Waals surface area (Å²) in [6.45, 7) is 2.60. The van der Waals surface area contributed by atoms with E-state index >= 15 is 0 Å². The second kappa shape index (κ2) is 10.4. The normalized spacial score (nSPS) is 12.4. The molecule has 0 aliphatic rings. The molecule has 0 aliphatic carbocycles. The highest BCUT2D eigenvalue weighted by Crippen LogP contribution is 2.24. The standard InChI is InChI=1S/C19H23ClN2O5S/c1-14(19(24)21-10-12-27-13-11-23)15-6-8-16(9-7-15)22-28(25,26)18-5-3-2-4-17(18)20/h2-9,14,22-23H,10-13H2,1H3,(H,21,24)/t14-/m1/s1. The summed E-state index contributed by atoms with van der Waals surface area (Å²) >= 11 is 5.96. The third kappa shape index (κ3) is 6.20. The number of aliphatic hydroxyl groups is 1. The number of hydrogen-bond donors (Lipinski definition) is 3. The Bertz CT molecular complexity index is 887. The highest BCUT2D eigenvalue weighted by molar-refractivity contribution is 7.92. The molecular formula is C19H23ClN2O5S. The summed E-state index contributed by atoms with van der Waals surface area (Å²) in [4.78, 5) is 12.2. The fraction of sp³-hybridized carbons (Fsp3) is 0.316. The molecule has 0 saturated carbocycles. The molecular weight excluding hydrogens is 404 g/mol. The van der Waals surface area contributed by atoms with E-state index in [9.17, 15) is 13.2 Å². The predicted molar refractivity (Wildman–Crippen MR) is 108 cm³/mol. The van der Waals surface area contributed by atoms with Crippen molar-refractivity contribution in [2.45, 2.75) is 17.7 Å². The first-order chi connectivity index (χ1) is 13.3. The highest BCUT2D eigenvalue weighted by atomic mass is 35.5. The summed E-state index contributed by atoms with van der Waals surface area (Å²) in [6, 6.07) is 12.8. The minimum Gasteiger partial charge on any atom is -0.394 e. The zero-order valence-electron chi connectivity index (χ0n) is 15.4. The van der Waals surface area contributed by atoms with Crippen molar-refractivity contribution in [3.8, 4) is 0 Å². The number of ether oxygens (including phenoxy) is 1. The van der Waals surface area contributed by atoms with Crippen LogP contribution in [0, 0.1) is 0 Å². The maximum atomic E-state index is 12.5. The molecule has 0 radical (unpaired) electrons. The molecule has 2 aromatic carbocycles. The van der Waals surface area contributed by atoms with Gasteiger partial charge >= 0.3 is 0 Å².